The molecule has 2 fully saturated rings. The predicted molar refractivity (Wildman–Crippen MR) is 147 cm³/mol. The molecule has 2 nitrogen and oxygen atoms in total. The molecule has 0 saturated heterocycles. The van der Waals surface area contributed by atoms with Crippen LogP contribution in [0.15, 0.2) is 24.5 Å². The lowest BCUT2D eigenvalue weighted by Gasteiger charge is -2.28. The van der Waals surface area contributed by atoms with E-state index in [1.54, 1.807) is 0 Å². The Bertz CT molecular complexity index is 648. The summed E-state index contributed by atoms with van der Waals surface area (Å²) < 4.78 is 0. The van der Waals surface area contributed by atoms with Gasteiger partial charge < -0.3 is 0 Å². The molecule has 192 valence electrons. The molecule has 0 unspecified atom stereocenters. The molecule has 2 aliphatic carbocycles. The van der Waals surface area contributed by atoms with E-state index in [-0.39, 0.29) is 0 Å². The van der Waals surface area contributed by atoms with Crippen molar-refractivity contribution < 1.29 is 0 Å². The molecule has 2 heteroatoms. The Labute approximate surface area is 211 Å². The molecule has 0 N–H and O–H groups in total. The average molecular weight is 467 g/mol. The third kappa shape index (κ3) is 10.2. The maximum absolute atomic E-state index is 4.79. The van der Waals surface area contributed by atoms with Gasteiger partial charge >= 0.3 is 0 Å². The quantitative estimate of drug-likeness (QED) is 0.190. The molecule has 0 atom stereocenters. The first-order valence-corrected chi connectivity index (χ1v) is 15.3. The lowest BCUT2D eigenvalue weighted by Crippen LogP contribution is -2.15. The van der Waals surface area contributed by atoms with Gasteiger partial charge in [-0.2, -0.15) is 0 Å². The Morgan fingerprint density at radius 3 is 1.79 bits per heavy atom. The molecule has 0 aliphatic heterocycles. The van der Waals surface area contributed by atoms with Crippen molar-refractivity contribution in [3.8, 4) is 0 Å². The summed E-state index contributed by atoms with van der Waals surface area (Å²) in [6, 6.07) is 0. The first-order chi connectivity index (χ1) is 16.8. The van der Waals surface area contributed by atoms with E-state index in [9.17, 15) is 0 Å². The van der Waals surface area contributed by atoms with E-state index in [0.717, 1.165) is 30.0 Å². The highest BCUT2D eigenvalue weighted by atomic mass is 14.9. The number of hydrogen-bond acceptors (Lipinski definition) is 2. The second-order valence-corrected chi connectivity index (χ2v) is 11.6. The molecule has 0 radical (unpaired) electrons. The zero-order valence-electron chi connectivity index (χ0n) is 22.7. The summed E-state index contributed by atoms with van der Waals surface area (Å²) in [4.78, 5) is 9.58. The van der Waals surface area contributed by atoms with Crippen molar-refractivity contribution in [2.24, 2.45) is 17.8 Å². The highest BCUT2D eigenvalue weighted by molar-refractivity contribution is 5.09. The van der Waals surface area contributed by atoms with Gasteiger partial charge in [0.2, 0.25) is 0 Å². The molecule has 2 aliphatic rings. The Kier molecular flexibility index (Phi) is 13.3. The van der Waals surface area contributed by atoms with E-state index in [1.165, 1.54) is 128 Å². The van der Waals surface area contributed by atoms with E-state index >= 15 is 0 Å². The van der Waals surface area contributed by atoms with Crippen LogP contribution in [-0.2, 0) is 6.42 Å². The van der Waals surface area contributed by atoms with Gasteiger partial charge in [0.25, 0.3) is 0 Å². The van der Waals surface area contributed by atoms with Crippen LogP contribution in [0.4, 0.5) is 0 Å². The number of nitrogens with zero attached hydrogens (tertiary/aromatic N) is 2. The van der Waals surface area contributed by atoms with Crippen molar-refractivity contribution in [3.05, 3.63) is 35.9 Å². The Morgan fingerprint density at radius 2 is 1.18 bits per heavy atom. The third-order valence-corrected chi connectivity index (χ3v) is 8.69. The smallest absolute Gasteiger partial charge is 0.131 e. The number of rotatable bonds is 15. The maximum Gasteiger partial charge on any atom is 0.131 e. The largest absolute Gasteiger partial charge is 0.241 e. The lowest BCUT2D eigenvalue weighted by molar-refractivity contribution is 0.287. The summed E-state index contributed by atoms with van der Waals surface area (Å²) in [5, 5.41) is 0. The second-order valence-electron chi connectivity index (χ2n) is 11.6. The fourth-order valence-electron chi connectivity index (χ4n) is 6.23. The zero-order valence-corrected chi connectivity index (χ0v) is 22.7. The van der Waals surface area contributed by atoms with Crippen LogP contribution in [0.2, 0.25) is 0 Å². The van der Waals surface area contributed by atoms with Gasteiger partial charge in [-0.1, -0.05) is 90.2 Å². The van der Waals surface area contributed by atoms with Gasteiger partial charge in [-0.3, -0.25) is 0 Å². The van der Waals surface area contributed by atoms with Gasteiger partial charge in [-0.25, -0.2) is 9.97 Å². The van der Waals surface area contributed by atoms with Crippen molar-refractivity contribution in [2.45, 2.75) is 148 Å². The van der Waals surface area contributed by atoms with Crippen LogP contribution in [0.3, 0.4) is 0 Å². The highest BCUT2D eigenvalue weighted by Gasteiger charge is 2.24. The molecule has 1 aromatic heterocycles. The molecule has 0 aromatic carbocycles. The molecule has 0 spiro atoms. The van der Waals surface area contributed by atoms with E-state index in [2.05, 4.69) is 38.4 Å². The average Bonchev–Trinajstić information content (AvgIpc) is 2.88. The molecule has 3 rings (SSSR count). The second kappa shape index (κ2) is 16.5. The van der Waals surface area contributed by atoms with Crippen molar-refractivity contribution in [1.82, 2.24) is 9.97 Å². The minimum absolute atomic E-state index is 0.579. The van der Waals surface area contributed by atoms with Crippen LogP contribution >= 0.6 is 0 Å². The van der Waals surface area contributed by atoms with Crippen LogP contribution < -0.4 is 0 Å². The monoisotopic (exact) mass is 466 g/mol. The van der Waals surface area contributed by atoms with Crippen molar-refractivity contribution in [2.75, 3.05) is 0 Å². The van der Waals surface area contributed by atoms with E-state index in [0.29, 0.717) is 5.92 Å². The van der Waals surface area contributed by atoms with Gasteiger partial charge in [0, 0.05) is 18.3 Å². The molecule has 1 aromatic rings. The van der Waals surface area contributed by atoms with Crippen LogP contribution in [-0.4, -0.2) is 9.97 Å². The molecule has 0 amide bonds. The van der Waals surface area contributed by atoms with Gasteiger partial charge in [-0.05, 0) is 87.5 Å². The lowest BCUT2D eigenvalue weighted by atomic mass is 9.78. The SMILES string of the molecule is CCCCCCCCCc1cnc(C2CCC(/C=C/C3CCC(CCCCC)CC3)CC2)nc1. The fourth-order valence-corrected chi connectivity index (χ4v) is 6.23. The third-order valence-electron chi connectivity index (χ3n) is 8.69. The molecular weight excluding hydrogens is 412 g/mol. The summed E-state index contributed by atoms with van der Waals surface area (Å²) >= 11 is 0. The highest BCUT2D eigenvalue weighted by Crippen LogP contribution is 2.37. The number of aryl methyl sites for hydroxylation is 1. The van der Waals surface area contributed by atoms with Crippen LogP contribution in [0.1, 0.15) is 153 Å². The fraction of sp³-hybridized carbons (Fsp3) is 0.812. The standard InChI is InChI=1S/C32H54N2/c1-3-5-7-8-9-10-12-14-30-25-33-32(34-26-30)31-23-21-29(22-24-31)20-19-28-17-15-27(16-18-28)13-11-6-4-2/h19-20,25-29,31H,3-18,21-24H2,1-2H3/b20-19+. The van der Waals surface area contributed by atoms with Gasteiger partial charge in [-0.15, -0.1) is 0 Å². The van der Waals surface area contributed by atoms with E-state index in [4.69, 9.17) is 9.97 Å². The van der Waals surface area contributed by atoms with Gasteiger partial charge in [0.05, 0.1) is 0 Å². The Balaban J connectivity index is 1.29. The van der Waals surface area contributed by atoms with Gasteiger partial charge in [0.1, 0.15) is 5.82 Å². The summed E-state index contributed by atoms with van der Waals surface area (Å²) in [5.74, 6) is 4.35. The zero-order chi connectivity index (χ0) is 23.8. The summed E-state index contributed by atoms with van der Waals surface area (Å²) in [6.45, 7) is 4.60. The van der Waals surface area contributed by atoms with Crippen molar-refractivity contribution in [3.63, 3.8) is 0 Å². The molecule has 1 heterocycles. The van der Waals surface area contributed by atoms with E-state index < -0.39 is 0 Å². The van der Waals surface area contributed by atoms with Gasteiger partial charge in [0.15, 0.2) is 0 Å². The number of unbranched alkanes of at least 4 members (excludes halogenated alkanes) is 8. The minimum Gasteiger partial charge on any atom is -0.241 e. The van der Waals surface area contributed by atoms with E-state index in [1.807, 2.05) is 0 Å². The van der Waals surface area contributed by atoms with Crippen molar-refractivity contribution >= 4 is 0 Å². The van der Waals surface area contributed by atoms with Crippen LogP contribution in [0, 0.1) is 17.8 Å². The molecule has 0 bridgehead atoms. The Morgan fingerprint density at radius 1 is 0.647 bits per heavy atom. The van der Waals surface area contributed by atoms with Crippen molar-refractivity contribution in [1.29, 1.82) is 0 Å². The predicted octanol–water partition coefficient (Wildman–Crippen LogP) is 9.99. The summed E-state index contributed by atoms with van der Waals surface area (Å²) in [6.07, 6.45) is 36.8. The van der Waals surface area contributed by atoms with Crippen LogP contribution in [0.25, 0.3) is 0 Å². The number of aromatic nitrogens is 2. The normalized spacial score (nSPS) is 25.7. The molecule has 2 saturated carbocycles. The summed E-state index contributed by atoms with van der Waals surface area (Å²) in [5.41, 5.74) is 1.33. The maximum atomic E-state index is 4.79. The first kappa shape index (κ1) is 27.4. The Hall–Kier alpha value is -1.18. The topological polar surface area (TPSA) is 25.8 Å². The van der Waals surface area contributed by atoms with Crippen LogP contribution in [0.5, 0.6) is 0 Å². The minimum atomic E-state index is 0.579. The number of hydrogen-bond donors (Lipinski definition) is 0. The summed E-state index contributed by atoms with van der Waals surface area (Å²) in [7, 11) is 0. The first-order valence-electron chi connectivity index (χ1n) is 15.3. The molecule has 34 heavy (non-hydrogen) atoms. The number of allylic oxidation sites excluding steroid dienone is 2. The molecular formula is C32H54N2.